The van der Waals surface area contributed by atoms with Gasteiger partial charge in [-0.05, 0) is 57.3 Å². The molecule has 278 valence electrons. The van der Waals surface area contributed by atoms with Crippen molar-refractivity contribution in [1.82, 2.24) is 0 Å². The van der Waals surface area contributed by atoms with Gasteiger partial charge < -0.3 is 23.7 Å². The molecule has 0 amide bonds. The lowest BCUT2D eigenvalue weighted by Crippen LogP contribution is -2.58. The van der Waals surface area contributed by atoms with Crippen LogP contribution in [0.3, 0.4) is 0 Å². The molecule has 1 saturated heterocycles. The lowest BCUT2D eigenvalue weighted by molar-refractivity contribution is -0.275. The van der Waals surface area contributed by atoms with Gasteiger partial charge in [0.2, 0.25) is 0 Å². The van der Waals surface area contributed by atoms with E-state index in [-0.39, 0.29) is 0 Å². The van der Waals surface area contributed by atoms with E-state index in [2.05, 4.69) is 103 Å². The van der Waals surface area contributed by atoms with Crippen LogP contribution in [0.1, 0.15) is 50.6 Å². The molecule has 0 saturated carbocycles. The van der Waals surface area contributed by atoms with E-state index in [1.165, 1.54) is 22.3 Å². The van der Waals surface area contributed by atoms with Gasteiger partial charge in [0.25, 0.3) is 0 Å². The van der Waals surface area contributed by atoms with Crippen molar-refractivity contribution in [2.24, 2.45) is 0 Å². The fourth-order valence-electron chi connectivity index (χ4n) is 7.66. The standard InChI is InChI=1S/C50H48O5/c1-5-16-37(17-6-1)32-51-36-46-48(52-33-38-18-7-2-8-19-38)50(54-35-40-22-11-4-12-23-40)49(53-34-39-20-9-3-10-21-39)47(55-46)45-27-15-24-41(29-45)28-42-30-43-25-13-14-26-44(43)31-42/h1-27,29-30,46-50H,28,31-36H2/t46?,47?,48-,49+,50?/m1/s1. The van der Waals surface area contributed by atoms with Crippen molar-refractivity contribution in [1.29, 1.82) is 0 Å². The van der Waals surface area contributed by atoms with Crippen LogP contribution in [0.4, 0.5) is 0 Å². The van der Waals surface area contributed by atoms with Crippen molar-refractivity contribution in [3.8, 4) is 0 Å². The van der Waals surface area contributed by atoms with Crippen LogP contribution in [-0.4, -0.2) is 31.0 Å². The molecule has 5 atom stereocenters. The summed E-state index contributed by atoms with van der Waals surface area (Å²) in [4.78, 5) is 0. The summed E-state index contributed by atoms with van der Waals surface area (Å²) in [6.45, 7) is 2.00. The SMILES string of the molecule is C1=C(Cc2cccc(C3OC(COCc4ccccc4)[C@@H](OCc4ccccc4)C(OCc4ccccc4)[C@H]3OCc3ccccc3)c2)Cc2ccccc21. The van der Waals surface area contributed by atoms with Gasteiger partial charge >= 0.3 is 0 Å². The third-order valence-electron chi connectivity index (χ3n) is 10.4. The molecule has 0 radical (unpaired) electrons. The zero-order valence-corrected chi connectivity index (χ0v) is 31.1. The number of benzene rings is 6. The quantitative estimate of drug-likeness (QED) is 0.0993. The summed E-state index contributed by atoms with van der Waals surface area (Å²) in [5.74, 6) is 0. The minimum absolute atomic E-state index is 0.326. The normalized spacial score (nSPS) is 20.5. The van der Waals surface area contributed by atoms with Gasteiger partial charge in [0.15, 0.2) is 0 Å². The first-order chi connectivity index (χ1) is 27.2. The maximum Gasteiger partial charge on any atom is 0.117 e. The topological polar surface area (TPSA) is 46.2 Å². The summed E-state index contributed by atoms with van der Waals surface area (Å²) in [5.41, 5.74) is 10.7. The molecule has 1 aliphatic heterocycles. The van der Waals surface area contributed by atoms with Gasteiger partial charge in [-0.1, -0.05) is 182 Å². The Balaban J connectivity index is 1.13. The van der Waals surface area contributed by atoms with Crippen LogP contribution >= 0.6 is 0 Å². The van der Waals surface area contributed by atoms with Gasteiger partial charge in [-0.15, -0.1) is 0 Å². The second-order valence-corrected chi connectivity index (χ2v) is 14.5. The van der Waals surface area contributed by atoms with Gasteiger partial charge in [-0.25, -0.2) is 0 Å². The summed E-state index contributed by atoms with van der Waals surface area (Å²) in [7, 11) is 0. The van der Waals surface area contributed by atoms with Crippen LogP contribution in [0.2, 0.25) is 0 Å². The first-order valence-electron chi connectivity index (χ1n) is 19.3. The second kappa shape index (κ2) is 18.5. The largest absolute Gasteiger partial charge is 0.374 e. The van der Waals surface area contributed by atoms with Crippen LogP contribution < -0.4 is 0 Å². The van der Waals surface area contributed by atoms with Crippen LogP contribution in [-0.2, 0) is 63.0 Å². The molecule has 0 bridgehead atoms. The summed E-state index contributed by atoms with van der Waals surface area (Å²) in [5, 5.41) is 0. The minimum Gasteiger partial charge on any atom is -0.374 e. The molecule has 5 nitrogen and oxygen atoms in total. The van der Waals surface area contributed by atoms with Gasteiger partial charge in [0.1, 0.15) is 30.5 Å². The van der Waals surface area contributed by atoms with Crippen LogP contribution in [0, 0.1) is 0 Å². The smallest absolute Gasteiger partial charge is 0.117 e. The fraction of sp³-hybridized carbons (Fsp3) is 0.240. The maximum atomic E-state index is 7.20. The number of ether oxygens (including phenoxy) is 5. The van der Waals surface area contributed by atoms with E-state index in [0.29, 0.717) is 33.0 Å². The van der Waals surface area contributed by atoms with E-state index in [4.69, 9.17) is 23.7 Å². The molecule has 1 heterocycles. The highest BCUT2D eigenvalue weighted by Crippen LogP contribution is 2.39. The van der Waals surface area contributed by atoms with E-state index >= 15 is 0 Å². The van der Waals surface area contributed by atoms with Crippen molar-refractivity contribution < 1.29 is 23.7 Å². The van der Waals surface area contributed by atoms with Crippen LogP contribution in [0.5, 0.6) is 0 Å². The first kappa shape index (κ1) is 36.8. The molecule has 3 unspecified atom stereocenters. The third kappa shape index (κ3) is 9.76. The Morgan fingerprint density at radius 3 is 1.58 bits per heavy atom. The Bertz CT molecular complexity index is 2100. The van der Waals surface area contributed by atoms with E-state index in [1.807, 2.05) is 72.8 Å². The molecule has 1 aliphatic carbocycles. The molecule has 6 aromatic carbocycles. The molecule has 8 rings (SSSR count). The predicted molar refractivity (Wildman–Crippen MR) is 217 cm³/mol. The Hall–Kier alpha value is -5.14. The summed E-state index contributed by atoms with van der Waals surface area (Å²) >= 11 is 0. The third-order valence-corrected chi connectivity index (χ3v) is 10.4. The van der Waals surface area contributed by atoms with Crippen molar-refractivity contribution >= 4 is 6.08 Å². The molecule has 2 aliphatic rings. The Morgan fingerprint density at radius 1 is 0.473 bits per heavy atom. The minimum atomic E-state index is -0.486. The van der Waals surface area contributed by atoms with E-state index in [1.54, 1.807) is 0 Å². The van der Waals surface area contributed by atoms with Crippen molar-refractivity contribution in [3.63, 3.8) is 0 Å². The number of allylic oxidation sites excluding steroid dienone is 1. The molecule has 55 heavy (non-hydrogen) atoms. The monoisotopic (exact) mass is 728 g/mol. The zero-order valence-electron chi connectivity index (χ0n) is 31.1. The van der Waals surface area contributed by atoms with E-state index < -0.39 is 30.5 Å². The molecule has 1 fully saturated rings. The number of fused-ring (bicyclic) bond motifs is 1. The summed E-state index contributed by atoms with van der Waals surface area (Å²) < 4.78 is 34.5. The number of rotatable bonds is 16. The summed E-state index contributed by atoms with van der Waals surface area (Å²) in [6.07, 6.45) is 1.85. The van der Waals surface area contributed by atoms with Crippen LogP contribution in [0.25, 0.3) is 6.08 Å². The van der Waals surface area contributed by atoms with Gasteiger partial charge in [0, 0.05) is 0 Å². The molecule has 5 heteroatoms. The summed E-state index contributed by atoms with van der Waals surface area (Å²) in [6, 6.07) is 58.6. The molecular weight excluding hydrogens is 681 g/mol. The van der Waals surface area contributed by atoms with Gasteiger partial charge in [0.05, 0.1) is 33.0 Å². The van der Waals surface area contributed by atoms with Gasteiger partial charge in [-0.3, -0.25) is 0 Å². The lowest BCUT2D eigenvalue weighted by Gasteiger charge is -2.46. The average Bonchev–Trinajstić information content (AvgIpc) is 3.65. The number of hydrogen-bond acceptors (Lipinski definition) is 5. The molecular formula is C50H48O5. The predicted octanol–water partition coefficient (Wildman–Crippen LogP) is 10.3. The Kier molecular flexibility index (Phi) is 12.4. The maximum absolute atomic E-state index is 7.20. The highest BCUT2D eigenvalue weighted by Gasteiger charge is 2.49. The Labute approximate surface area is 325 Å². The molecule has 0 aromatic heterocycles. The van der Waals surface area contributed by atoms with Crippen molar-refractivity contribution in [2.45, 2.75) is 69.8 Å². The molecule has 6 aromatic rings. The lowest BCUT2D eigenvalue weighted by atomic mass is 9.89. The first-order valence-corrected chi connectivity index (χ1v) is 19.3. The molecule has 0 N–H and O–H groups in total. The molecule has 0 spiro atoms. The van der Waals surface area contributed by atoms with E-state index in [0.717, 1.165) is 40.7 Å². The van der Waals surface area contributed by atoms with Crippen molar-refractivity contribution in [3.05, 3.63) is 220 Å². The Morgan fingerprint density at radius 2 is 0.982 bits per heavy atom. The van der Waals surface area contributed by atoms with Gasteiger partial charge in [-0.2, -0.15) is 0 Å². The van der Waals surface area contributed by atoms with E-state index in [9.17, 15) is 0 Å². The zero-order chi connectivity index (χ0) is 37.1. The van der Waals surface area contributed by atoms with Crippen LogP contribution in [0.15, 0.2) is 175 Å². The van der Waals surface area contributed by atoms with Crippen molar-refractivity contribution in [2.75, 3.05) is 6.61 Å². The average molecular weight is 729 g/mol. The fourth-order valence-corrected chi connectivity index (χ4v) is 7.66. The highest BCUT2D eigenvalue weighted by atomic mass is 16.6. The number of hydrogen-bond donors (Lipinski definition) is 0. The second-order valence-electron chi connectivity index (χ2n) is 14.5. The highest BCUT2D eigenvalue weighted by molar-refractivity contribution is 5.64.